The summed E-state index contributed by atoms with van der Waals surface area (Å²) in [6.07, 6.45) is 1.96. The van der Waals surface area contributed by atoms with E-state index in [0.717, 1.165) is 10.9 Å². The van der Waals surface area contributed by atoms with Gasteiger partial charge in [0, 0.05) is 36.3 Å². The Labute approximate surface area is 305 Å². The Morgan fingerprint density at radius 2 is 1.94 bits per heavy atom. The van der Waals surface area contributed by atoms with E-state index in [-0.39, 0.29) is 38.3 Å². The average Bonchev–Trinajstić information content (AvgIpc) is 4.03. The van der Waals surface area contributed by atoms with Gasteiger partial charge in [0.25, 0.3) is 5.91 Å². The van der Waals surface area contributed by atoms with Crippen LogP contribution in [0.15, 0.2) is 49.2 Å². The first-order chi connectivity index (χ1) is 25.2. The van der Waals surface area contributed by atoms with Crippen LogP contribution in [0.4, 0.5) is 13.2 Å². The lowest BCUT2D eigenvalue weighted by atomic mass is 9.96. The lowest BCUT2D eigenvalue weighted by Crippen LogP contribution is -2.57. The van der Waals surface area contributed by atoms with E-state index in [9.17, 15) is 40.8 Å². The van der Waals surface area contributed by atoms with Crippen LogP contribution in [0.25, 0.3) is 16.8 Å². The van der Waals surface area contributed by atoms with Gasteiger partial charge >= 0.3 is 12.1 Å². The molecule has 4 aliphatic rings. The summed E-state index contributed by atoms with van der Waals surface area (Å²) in [5.41, 5.74) is -0.758. The number of alkyl halides is 3. The van der Waals surface area contributed by atoms with Crippen molar-refractivity contribution >= 4 is 50.6 Å². The van der Waals surface area contributed by atoms with Crippen LogP contribution in [0.2, 0.25) is 0 Å². The number of esters is 1. The van der Waals surface area contributed by atoms with Gasteiger partial charge in [0.05, 0.1) is 24.8 Å². The molecule has 1 aromatic carbocycles. The molecule has 12 nitrogen and oxygen atoms in total. The van der Waals surface area contributed by atoms with Crippen LogP contribution in [-0.2, 0) is 33.9 Å². The highest BCUT2D eigenvalue weighted by molar-refractivity contribution is 7.91. The van der Waals surface area contributed by atoms with Crippen molar-refractivity contribution in [2.75, 3.05) is 13.2 Å². The van der Waals surface area contributed by atoms with E-state index in [2.05, 4.69) is 21.6 Å². The Bertz CT molecular complexity index is 1900. The number of fused-ring (bicyclic) bond motifs is 3. The van der Waals surface area contributed by atoms with Gasteiger partial charge in [-0.3, -0.25) is 23.9 Å². The summed E-state index contributed by atoms with van der Waals surface area (Å²) in [6, 6.07) is 6.29. The number of ether oxygens (including phenoxy) is 2. The van der Waals surface area contributed by atoms with E-state index in [1.165, 1.54) is 11.0 Å². The van der Waals surface area contributed by atoms with E-state index in [1.807, 2.05) is 36.4 Å². The molecule has 0 unspecified atom stereocenters. The van der Waals surface area contributed by atoms with Crippen molar-refractivity contribution < 1.29 is 50.2 Å². The summed E-state index contributed by atoms with van der Waals surface area (Å²) < 4.78 is 78.6. The third-order valence-corrected chi connectivity index (χ3v) is 12.1. The SMILES string of the molecule is C=C[C@@H]1C[C@]1(NC(=O)[C@@H]1C[C@@H]2CN1C(=O)[C@@H](CCCC(F)(F)F)CC(=O)OCCCC/C=C/c1ccc3ccnc(c3c1)O2)C(=O)NS(=O)(=O)C1CC1. The maximum Gasteiger partial charge on any atom is 0.389 e. The molecule has 2 aromatic rings. The fourth-order valence-corrected chi connectivity index (χ4v) is 8.40. The van der Waals surface area contributed by atoms with Crippen LogP contribution in [0.1, 0.15) is 76.2 Å². The molecule has 5 atom stereocenters. The average molecular weight is 761 g/mol. The molecule has 53 heavy (non-hydrogen) atoms. The number of halogens is 3. The molecule has 6 rings (SSSR count). The number of benzene rings is 1. The highest BCUT2D eigenvalue weighted by Crippen LogP contribution is 2.45. The van der Waals surface area contributed by atoms with Crippen molar-refractivity contribution in [2.24, 2.45) is 11.8 Å². The Hall–Kier alpha value is -4.47. The van der Waals surface area contributed by atoms with Gasteiger partial charge in [-0.2, -0.15) is 13.2 Å². The minimum atomic E-state index is -4.49. The summed E-state index contributed by atoms with van der Waals surface area (Å²) in [5, 5.41) is 3.51. The maximum absolute atomic E-state index is 14.3. The zero-order valence-electron chi connectivity index (χ0n) is 29.1. The van der Waals surface area contributed by atoms with Crippen molar-refractivity contribution in [3.05, 3.63) is 54.8 Å². The molecule has 0 spiro atoms. The molecule has 1 aromatic heterocycles. The highest BCUT2D eigenvalue weighted by atomic mass is 32.2. The van der Waals surface area contributed by atoms with Crippen LogP contribution in [0, 0.1) is 11.8 Å². The number of carbonyl (C=O) groups is 4. The summed E-state index contributed by atoms with van der Waals surface area (Å²) >= 11 is 0. The van der Waals surface area contributed by atoms with Crippen molar-refractivity contribution in [1.82, 2.24) is 19.9 Å². The number of pyridine rings is 1. The van der Waals surface area contributed by atoms with Crippen LogP contribution < -0.4 is 14.8 Å². The molecule has 1 saturated heterocycles. The van der Waals surface area contributed by atoms with Crippen LogP contribution >= 0.6 is 0 Å². The molecule has 2 aliphatic carbocycles. The molecule has 16 heteroatoms. The van der Waals surface area contributed by atoms with E-state index >= 15 is 0 Å². The third kappa shape index (κ3) is 9.19. The molecule has 286 valence electrons. The van der Waals surface area contributed by atoms with Crippen LogP contribution in [-0.4, -0.2) is 84.3 Å². The molecule has 4 bridgehead atoms. The van der Waals surface area contributed by atoms with Gasteiger partial charge in [-0.25, -0.2) is 13.4 Å². The molecular formula is C37H43F3N4O8S. The Morgan fingerprint density at radius 1 is 1.15 bits per heavy atom. The van der Waals surface area contributed by atoms with Gasteiger partial charge in [0.2, 0.25) is 27.7 Å². The number of allylic oxidation sites excluding steroid dienone is 1. The summed E-state index contributed by atoms with van der Waals surface area (Å²) in [5.74, 6) is -4.79. The summed E-state index contributed by atoms with van der Waals surface area (Å²) in [6.45, 7) is 3.60. The predicted octanol–water partition coefficient (Wildman–Crippen LogP) is 4.73. The van der Waals surface area contributed by atoms with E-state index in [1.54, 1.807) is 6.20 Å². The van der Waals surface area contributed by atoms with E-state index in [0.29, 0.717) is 37.5 Å². The second-order valence-electron chi connectivity index (χ2n) is 14.3. The number of hydrogen-bond acceptors (Lipinski definition) is 9. The number of cyclic esters (lactones) is 1. The van der Waals surface area contributed by atoms with Crippen LogP contribution in [0.3, 0.4) is 0 Å². The van der Waals surface area contributed by atoms with Crippen molar-refractivity contribution in [3.63, 3.8) is 0 Å². The van der Waals surface area contributed by atoms with Gasteiger partial charge in [-0.05, 0) is 74.4 Å². The maximum atomic E-state index is 14.3. The lowest BCUT2D eigenvalue weighted by molar-refractivity contribution is -0.151. The normalized spacial score (nSPS) is 27.5. The predicted molar refractivity (Wildman–Crippen MR) is 187 cm³/mol. The van der Waals surface area contributed by atoms with E-state index < -0.39 is 93.9 Å². The largest absolute Gasteiger partial charge is 0.472 e. The number of nitrogens with one attached hydrogen (secondary N) is 2. The molecule has 2 saturated carbocycles. The molecule has 0 radical (unpaired) electrons. The first-order valence-corrected chi connectivity index (χ1v) is 19.5. The number of nitrogens with zero attached hydrogens (tertiary/aromatic N) is 2. The topological polar surface area (TPSA) is 161 Å². The Balaban J connectivity index is 1.31. The fourth-order valence-electron chi connectivity index (χ4n) is 7.03. The third-order valence-electron chi connectivity index (χ3n) is 10.2. The molecule has 2 aliphatic heterocycles. The number of carbonyl (C=O) groups excluding carboxylic acids is 4. The van der Waals surface area contributed by atoms with Gasteiger partial charge < -0.3 is 19.7 Å². The molecule has 3 amide bonds. The minimum absolute atomic E-state index is 0.0664. The number of sulfonamides is 1. The van der Waals surface area contributed by atoms with Crippen LogP contribution in [0.5, 0.6) is 5.88 Å². The van der Waals surface area contributed by atoms with Gasteiger partial charge in [0.15, 0.2) is 0 Å². The Kier molecular flexibility index (Phi) is 11.2. The summed E-state index contributed by atoms with van der Waals surface area (Å²) in [7, 11) is -3.96. The minimum Gasteiger partial charge on any atom is -0.472 e. The first kappa shape index (κ1) is 38.3. The van der Waals surface area contributed by atoms with Crippen molar-refractivity contribution in [1.29, 1.82) is 0 Å². The number of hydrogen-bond donors (Lipinski definition) is 2. The Morgan fingerprint density at radius 3 is 2.66 bits per heavy atom. The molecule has 2 N–H and O–H groups in total. The van der Waals surface area contributed by atoms with Crippen molar-refractivity contribution in [2.45, 2.75) is 99.7 Å². The molecule has 3 heterocycles. The van der Waals surface area contributed by atoms with E-state index in [4.69, 9.17) is 9.47 Å². The quantitative estimate of drug-likeness (QED) is 0.272. The zero-order chi connectivity index (χ0) is 38.0. The summed E-state index contributed by atoms with van der Waals surface area (Å²) in [4.78, 5) is 60.4. The van der Waals surface area contributed by atoms with Gasteiger partial charge in [-0.15, -0.1) is 6.58 Å². The number of rotatable bonds is 9. The standard InChI is InChI=1S/C37H43F3N4O8S/c1-2-26-21-36(26,35(48)43-53(49,50)28-12-13-28)42-32(46)30-20-27-22-44(30)34(47)25(9-7-15-37(38,39)40)19-31(45)51-17-6-4-3-5-8-23-10-11-24-14-16-41-33(52-27)29(24)18-23/h2,5,8,10-11,14,16,18,25-28,30H,1,3-4,6-7,9,12-13,15,17,19-22H2,(H,42,46)(H,43,48)/b8-5+/t25-,26+,27+,30-,36+/m0/s1. The van der Waals surface area contributed by atoms with Gasteiger partial charge in [-0.1, -0.05) is 30.4 Å². The molecular weight excluding hydrogens is 717 g/mol. The monoisotopic (exact) mass is 760 g/mol. The smallest absolute Gasteiger partial charge is 0.389 e. The van der Waals surface area contributed by atoms with Crippen molar-refractivity contribution in [3.8, 4) is 5.88 Å². The number of aromatic nitrogens is 1. The second-order valence-corrected chi connectivity index (χ2v) is 16.2. The van der Waals surface area contributed by atoms with Gasteiger partial charge in [0.1, 0.15) is 17.7 Å². The fraction of sp³-hybridized carbons (Fsp3) is 0.541. The number of amides is 3. The second kappa shape index (κ2) is 15.5. The lowest BCUT2D eigenvalue weighted by Gasteiger charge is -2.29. The highest BCUT2D eigenvalue weighted by Gasteiger charge is 2.62. The molecule has 3 fully saturated rings. The first-order valence-electron chi connectivity index (χ1n) is 17.9. The zero-order valence-corrected chi connectivity index (χ0v) is 29.9.